The van der Waals surface area contributed by atoms with Crippen LogP contribution in [0.25, 0.3) is 0 Å². The number of pyridine rings is 1. The molecule has 0 fully saturated rings. The van der Waals surface area contributed by atoms with E-state index >= 15 is 0 Å². The molecular formula is C16H13N5S. The lowest BCUT2D eigenvalue weighted by Gasteiger charge is -2.16. The number of benzene rings is 1. The van der Waals surface area contributed by atoms with Crippen molar-refractivity contribution in [2.24, 2.45) is 0 Å². The van der Waals surface area contributed by atoms with Crippen LogP contribution in [-0.4, -0.2) is 17.0 Å². The van der Waals surface area contributed by atoms with E-state index in [1.807, 2.05) is 54.4 Å². The molecule has 1 aromatic carbocycles. The maximum absolute atomic E-state index is 9.51. The summed E-state index contributed by atoms with van der Waals surface area (Å²) in [5.74, 6) is 1.35. The fourth-order valence-electron chi connectivity index (χ4n) is 2.24. The Morgan fingerprint density at radius 3 is 2.73 bits per heavy atom. The van der Waals surface area contributed by atoms with E-state index in [0.29, 0.717) is 16.4 Å². The monoisotopic (exact) mass is 307 g/mol. The summed E-state index contributed by atoms with van der Waals surface area (Å²) < 4.78 is 0. The SMILES string of the molecule is CN1/C(=C(\C#N)C(=S)Nc2ccccc2)Nc2ncccc21. The molecule has 5 nitrogen and oxygen atoms in total. The van der Waals surface area contributed by atoms with Gasteiger partial charge in [0.05, 0.1) is 5.69 Å². The number of aromatic nitrogens is 1. The largest absolute Gasteiger partial charge is 0.345 e. The molecule has 1 aliphatic heterocycles. The third-order valence-corrected chi connectivity index (χ3v) is 3.63. The highest BCUT2D eigenvalue weighted by molar-refractivity contribution is 7.81. The molecule has 3 rings (SSSR count). The number of nitriles is 1. The second-order valence-corrected chi connectivity index (χ2v) is 5.12. The van der Waals surface area contributed by atoms with Gasteiger partial charge in [0.2, 0.25) is 0 Å². The predicted octanol–water partition coefficient (Wildman–Crippen LogP) is 3.12. The van der Waals surface area contributed by atoms with E-state index in [9.17, 15) is 5.26 Å². The first-order chi connectivity index (χ1) is 10.7. The summed E-state index contributed by atoms with van der Waals surface area (Å²) in [6, 6.07) is 15.5. The van der Waals surface area contributed by atoms with Gasteiger partial charge in [-0.1, -0.05) is 30.4 Å². The van der Waals surface area contributed by atoms with E-state index in [-0.39, 0.29) is 0 Å². The van der Waals surface area contributed by atoms with Crippen LogP contribution in [-0.2, 0) is 0 Å². The zero-order chi connectivity index (χ0) is 15.5. The Hall–Kier alpha value is -2.91. The fraction of sp³-hybridized carbons (Fsp3) is 0.0625. The predicted molar refractivity (Wildman–Crippen MR) is 91.6 cm³/mol. The normalized spacial score (nSPS) is 14.6. The molecule has 0 bridgehead atoms. The van der Waals surface area contributed by atoms with Crippen molar-refractivity contribution in [3.8, 4) is 6.07 Å². The molecule has 1 aliphatic rings. The summed E-state index contributed by atoms with van der Waals surface area (Å²) in [7, 11) is 1.87. The Morgan fingerprint density at radius 1 is 1.27 bits per heavy atom. The average Bonchev–Trinajstić information content (AvgIpc) is 2.87. The average molecular weight is 307 g/mol. The third kappa shape index (κ3) is 2.50. The summed E-state index contributed by atoms with van der Waals surface area (Å²) in [5, 5.41) is 15.7. The number of thiocarbonyl (C=S) groups is 1. The van der Waals surface area contributed by atoms with Crippen molar-refractivity contribution in [3.05, 3.63) is 60.1 Å². The Labute approximate surface area is 133 Å². The van der Waals surface area contributed by atoms with Gasteiger partial charge in [-0.2, -0.15) is 5.26 Å². The van der Waals surface area contributed by atoms with E-state index in [2.05, 4.69) is 21.7 Å². The van der Waals surface area contributed by atoms with Crippen LogP contribution in [0.3, 0.4) is 0 Å². The molecule has 0 saturated heterocycles. The lowest BCUT2D eigenvalue weighted by Crippen LogP contribution is -2.22. The van der Waals surface area contributed by atoms with Gasteiger partial charge in [-0.05, 0) is 24.3 Å². The molecule has 0 radical (unpaired) electrons. The van der Waals surface area contributed by atoms with Crippen molar-refractivity contribution < 1.29 is 0 Å². The minimum absolute atomic E-state index is 0.371. The smallest absolute Gasteiger partial charge is 0.155 e. The second-order valence-electron chi connectivity index (χ2n) is 4.71. The van der Waals surface area contributed by atoms with Crippen LogP contribution in [0.5, 0.6) is 0 Å². The molecular weight excluding hydrogens is 294 g/mol. The van der Waals surface area contributed by atoms with Gasteiger partial charge in [0.25, 0.3) is 0 Å². The number of hydrogen-bond donors (Lipinski definition) is 2. The topological polar surface area (TPSA) is 64.0 Å². The molecule has 0 aliphatic carbocycles. The Kier molecular flexibility index (Phi) is 3.73. The number of nitrogens with one attached hydrogen (secondary N) is 2. The van der Waals surface area contributed by atoms with Crippen LogP contribution in [0.2, 0.25) is 0 Å². The molecule has 0 amide bonds. The van der Waals surface area contributed by atoms with Gasteiger partial charge in [-0.25, -0.2) is 4.98 Å². The lowest BCUT2D eigenvalue weighted by atomic mass is 10.2. The zero-order valence-electron chi connectivity index (χ0n) is 11.9. The van der Waals surface area contributed by atoms with Crippen LogP contribution in [0.1, 0.15) is 0 Å². The van der Waals surface area contributed by atoms with Gasteiger partial charge >= 0.3 is 0 Å². The van der Waals surface area contributed by atoms with Crippen molar-refractivity contribution in [1.82, 2.24) is 4.98 Å². The van der Waals surface area contributed by atoms with Gasteiger partial charge in [0.15, 0.2) is 5.82 Å². The quantitative estimate of drug-likeness (QED) is 0.505. The first kappa shape index (κ1) is 14.0. The van der Waals surface area contributed by atoms with Gasteiger partial charge < -0.3 is 15.5 Å². The van der Waals surface area contributed by atoms with Gasteiger partial charge in [-0.3, -0.25) is 0 Å². The molecule has 2 N–H and O–H groups in total. The molecule has 22 heavy (non-hydrogen) atoms. The zero-order valence-corrected chi connectivity index (χ0v) is 12.7. The maximum atomic E-state index is 9.51. The molecule has 0 saturated carbocycles. The summed E-state index contributed by atoms with van der Waals surface area (Å²) >= 11 is 5.38. The van der Waals surface area contributed by atoms with Crippen molar-refractivity contribution >= 4 is 34.4 Å². The Balaban J connectivity index is 1.92. The first-order valence-electron chi connectivity index (χ1n) is 6.67. The lowest BCUT2D eigenvalue weighted by molar-refractivity contribution is 1.15. The highest BCUT2D eigenvalue weighted by Crippen LogP contribution is 2.34. The minimum atomic E-state index is 0.371. The van der Waals surface area contributed by atoms with Gasteiger partial charge in [0, 0.05) is 18.9 Å². The number of hydrogen-bond acceptors (Lipinski definition) is 5. The summed E-state index contributed by atoms with van der Waals surface area (Å²) in [4.78, 5) is 6.51. The van der Waals surface area contributed by atoms with Crippen molar-refractivity contribution in [2.45, 2.75) is 0 Å². The summed E-state index contributed by atoms with van der Waals surface area (Å²) in [6.07, 6.45) is 1.70. The van der Waals surface area contributed by atoms with Crippen LogP contribution < -0.4 is 15.5 Å². The second kappa shape index (κ2) is 5.84. The molecule has 6 heteroatoms. The van der Waals surface area contributed by atoms with Crippen molar-refractivity contribution in [3.63, 3.8) is 0 Å². The first-order valence-corrected chi connectivity index (χ1v) is 7.08. The number of fused-ring (bicyclic) bond motifs is 1. The molecule has 0 unspecified atom stereocenters. The maximum Gasteiger partial charge on any atom is 0.155 e. The summed E-state index contributed by atoms with van der Waals surface area (Å²) in [5.41, 5.74) is 2.13. The molecule has 0 atom stereocenters. The Bertz CT molecular complexity index is 792. The minimum Gasteiger partial charge on any atom is -0.345 e. The molecule has 0 spiro atoms. The van der Waals surface area contributed by atoms with Gasteiger partial charge in [-0.15, -0.1) is 0 Å². The van der Waals surface area contributed by atoms with E-state index < -0.39 is 0 Å². The standard InChI is InChI=1S/C16H13N5S/c1-21-13-8-5-9-18-14(13)20-15(21)12(10-17)16(22)19-11-6-3-2-4-7-11/h2-9H,1H3,(H,18,20)(H,19,22)/b15-12+. The van der Waals surface area contributed by atoms with Crippen molar-refractivity contribution in [2.75, 3.05) is 22.6 Å². The number of para-hydroxylation sites is 1. The molecule has 2 heterocycles. The third-order valence-electron chi connectivity index (χ3n) is 3.33. The fourth-order valence-corrected chi connectivity index (χ4v) is 2.50. The van der Waals surface area contributed by atoms with Crippen LogP contribution in [0, 0.1) is 11.3 Å². The van der Waals surface area contributed by atoms with E-state index in [1.54, 1.807) is 6.20 Å². The number of rotatable bonds is 2. The highest BCUT2D eigenvalue weighted by Gasteiger charge is 2.26. The molecule has 108 valence electrons. The van der Waals surface area contributed by atoms with Crippen LogP contribution in [0.15, 0.2) is 60.1 Å². The van der Waals surface area contributed by atoms with E-state index in [1.165, 1.54) is 0 Å². The highest BCUT2D eigenvalue weighted by atomic mass is 32.1. The molecule has 2 aromatic rings. The number of nitrogens with zero attached hydrogens (tertiary/aromatic N) is 3. The number of anilines is 3. The van der Waals surface area contributed by atoms with Crippen LogP contribution >= 0.6 is 12.2 Å². The van der Waals surface area contributed by atoms with E-state index in [0.717, 1.165) is 17.2 Å². The van der Waals surface area contributed by atoms with Crippen LogP contribution in [0.4, 0.5) is 17.2 Å². The van der Waals surface area contributed by atoms with E-state index in [4.69, 9.17) is 12.2 Å². The van der Waals surface area contributed by atoms with Crippen molar-refractivity contribution in [1.29, 1.82) is 5.26 Å². The van der Waals surface area contributed by atoms with Gasteiger partial charge in [0.1, 0.15) is 22.5 Å². The molecule has 1 aromatic heterocycles. The Morgan fingerprint density at radius 2 is 2.05 bits per heavy atom. The summed E-state index contributed by atoms with van der Waals surface area (Å²) in [6.45, 7) is 0.